The standard InChI is InChI=1S/C22H25NO4/c1-3-9-20(21(24)25)23(4-2)22(26)27-14-19-17-12-7-5-10-15(17)16-11-6-8-13-18(16)19/h5-8,10-13,19-20H,3-4,9,14H2,1-2H3,(H,24,25)/t20-/m0/s1. The van der Waals surface area contributed by atoms with E-state index >= 15 is 0 Å². The Hall–Kier alpha value is -2.82. The third-order valence-electron chi connectivity index (χ3n) is 5.13. The molecule has 0 saturated heterocycles. The van der Waals surface area contributed by atoms with Crippen LogP contribution in [-0.4, -0.2) is 41.3 Å². The Bertz CT molecular complexity index is 787. The molecular weight excluding hydrogens is 342 g/mol. The minimum Gasteiger partial charge on any atom is -0.480 e. The number of hydrogen-bond donors (Lipinski definition) is 1. The Labute approximate surface area is 159 Å². The molecule has 3 rings (SSSR count). The lowest BCUT2D eigenvalue weighted by Gasteiger charge is -2.27. The maximum absolute atomic E-state index is 12.6. The van der Waals surface area contributed by atoms with Crippen LogP contribution in [0.4, 0.5) is 4.79 Å². The van der Waals surface area contributed by atoms with Gasteiger partial charge in [0.05, 0.1) is 0 Å². The summed E-state index contributed by atoms with van der Waals surface area (Å²) in [7, 11) is 0. The highest BCUT2D eigenvalue weighted by molar-refractivity contribution is 5.81. The van der Waals surface area contributed by atoms with Crippen LogP contribution in [0.1, 0.15) is 43.7 Å². The van der Waals surface area contributed by atoms with Crippen molar-refractivity contribution in [2.45, 2.75) is 38.6 Å². The zero-order valence-electron chi connectivity index (χ0n) is 15.7. The van der Waals surface area contributed by atoms with E-state index in [0.29, 0.717) is 19.4 Å². The van der Waals surface area contributed by atoms with Gasteiger partial charge >= 0.3 is 12.1 Å². The second-order valence-corrected chi connectivity index (χ2v) is 6.73. The van der Waals surface area contributed by atoms with Gasteiger partial charge in [-0.25, -0.2) is 9.59 Å². The molecule has 2 aromatic carbocycles. The van der Waals surface area contributed by atoms with Gasteiger partial charge in [0.25, 0.3) is 0 Å². The smallest absolute Gasteiger partial charge is 0.410 e. The second-order valence-electron chi connectivity index (χ2n) is 6.73. The molecule has 0 aromatic heterocycles. The lowest BCUT2D eigenvalue weighted by molar-refractivity contribution is -0.143. The number of rotatable bonds is 7. The van der Waals surface area contributed by atoms with Crippen LogP contribution in [0.2, 0.25) is 0 Å². The highest BCUT2D eigenvalue weighted by Gasteiger charge is 2.32. The fourth-order valence-corrected chi connectivity index (χ4v) is 3.84. The molecular formula is C22H25NO4. The van der Waals surface area contributed by atoms with Crippen molar-refractivity contribution in [1.82, 2.24) is 4.90 Å². The number of carboxylic acids is 1. The molecule has 1 aliphatic carbocycles. The van der Waals surface area contributed by atoms with E-state index in [4.69, 9.17) is 4.74 Å². The molecule has 0 saturated carbocycles. The Kier molecular flexibility index (Phi) is 5.79. The van der Waals surface area contributed by atoms with E-state index in [0.717, 1.165) is 22.3 Å². The maximum atomic E-state index is 12.6. The van der Waals surface area contributed by atoms with Gasteiger partial charge in [0.2, 0.25) is 0 Å². The molecule has 0 bridgehead atoms. The molecule has 2 aromatic rings. The minimum atomic E-state index is -0.993. The summed E-state index contributed by atoms with van der Waals surface area (Å²) >= 11 is 0. The first-order valence-electron chi connectivity index (χ1n) is 9.42. The Morgan fingerprint density at radius 1 is 1.04 bits per heavy atom. The zero-order valence-corrected chi connectivity index (χ0v) is 15.7. The van der Waals surface area contributed by atoms with Crippen molar-refractivity contribution in [3.8, 4) is 11.1 Å². The number of benzene rings is 2. The molecule has 1 amide bonds. The number of aliphatic carboxylic acids is 1. The number of carboxylic acid groups (broad SMARTS) is 1. The molecule has 1 atom stereocenters. The Morgan fingerprint density at radius 2 is 1.59 bits per heavy atom. The summed E-state index contributed by atoms with van der Waals surface area (Å²) in [6.07, 6.45) is 0.525. The normalized spacial score (nSPS) is 13.6. The van der Waals surface area contributed by atoms with Crippen molar-refractivity contribution in [1.29, 1.82) is 0 Å². The van der Waals surface area contributed by atoms with Gasteiger partial charge in [-0.05, 0) is 35.6 Å². The fraction of sp³-hybridized carbons (Fsp3) is 0.364. The summed E-state index contributed by atoms with van der Waals surface area (Å²) in [4.78, 5) is 25.5. The van der Waals surface area contributed by atoms with Crippen molar-refractivity contribution >= 4 is 12.1 Å². The highest BCUT2D eigenvalue weighted by Crippen LogP contribution is 2.44. The minimum absolute atomic E-state index is 0.0329. The number of nitrogens with zero attached hydrogens (tertiary/aromatic N) is 1. The van der Waals surface area contributed by atoms with Gasteiger partial charge in [0.1, 0.15) is 12.6 Å². The Morgan fingerprint density at radius 3 is 2.07 bits per heavy atom. The number of ether oxygens (including phenoxy) is 1. The second kappa shape index (κ2) is 8.25. The summed E-state index contributed by atoms with van der Waals surface area (Å²) < 4.78 is 5.59. The van der Waals surface area contributed by atoms with Crippen LogP contribution in [0.25, 0.3) is 11.1 Å². The van der Waals surface area contributed by atoms with Gasteiger partial charge in [0.15, 0.2) is 0 Å². The highest BCUT2D eigenvalue weighted by atomic mass is 16.6. The molecule has 0 fully saturated rings. The van der Waals surface area contributed by atoms with Crippen molar-refractivity contribution in [3.05, 3.63) is 59.7 Å². The largest absolute Gasteiger partial charge is 0.480 e. The number of amides is 1. The average molecular weight is 367 g/mol. The van der Waals surface area contributed by atoms with Crippen LogP contribution in [0.5, 0.6) is 0 Å². The third kappa shape index (κ3) is 3.68. The molecule has 142 valence electrons. The first-order valence-corrected chi connectivity index (χ1v) is 9.42. The molecule has 1 aliphatic rings. The average Bonchev–Trinajstić information content (AvgIpc) is 3.00. The predicted molar refractivity (Wildman–Crippen MR) is 104 cm³/mol. The zero-order chi connectivity index (χ0) is 19.4. The van der Waals surface area contributed by atoms with Crippen molar-refractivity contribution in [2.75, 3.05) is 13.2 Å². The Balaban J connectivity index is 1.78. The van der Waals surface area contributed by atoms with Gasteiger partial charge in [-0.3, -0.25) is 4.90 Å². The van der Waals surface area contributed by atoms with E-state index in [1.165, 1.54) is 4.90 Å². The van der Waals surface area contributed by atoms with Crippen molar-refractivity contribution in [3.63, 3.8) is 0 Å². The van der Waals surface area contributed by atoms with Crippen molar-refractivity contribution < 1.29 is 19.4 Å². The van der Waals surface area contributed by atoms with Crippen LogP contribution >= 0.6 is 0 Å². The summed E-state index contributed by atoms with van der Waals surface area (Å²) in [5.74, 6) is -1.03. The molecule has 1 N–H and O–H groups in total. The van der Waals surface area contributed by atoms with E-state index in [1.807, 2.05) is 31.2 Å². The first-order chi connectivity index (χ1) is 13.1. The SMILES string of the molecule is CCC[C@@H](C(=O)O)N(CC)C(=O)OCC1c2ccccc2-c2ccccc21. The van der Waals surface area contributed by atoms with Gasteiger partial charge in [-0.2, -0.15) is 0 Å². The van der Waals surface area contributed by atoms with Crippen LogP contribution in [0.15, 0.2) is 48.5 Å². The van der Waals surface area contributed by atoms with Crippen LogP contribution in [0, 0.1) is 0 Å². The van der Waals surface area contributed by atoms with Crippen LogP contribution in [0.3, 0.4) is 0 Å². The van der Waals surface area contributed by atoms with E-state index < -0.39 is 18.1 Å². The molecule has 0 unspecified atom stereocenters. The molecule has 0 aliphatic heterocycles. The molecule has 27 heavy (non-hydrogen) atoms. The number of likely N-dealkylation sites (N-methyl/N-ethyl adjacent to an activating group) is 1. The van der Waals surface area contributed by atoms with Gasteiger partial charge in [-0.15, -0.1) is 0 Å². The molecule has 5 heteroatoms. The third-order valence-corrected chi connectivity index (χ3v) is 5.13. The molecule has 0 spiro atoms. The molecule has 0 radical (unpaired) electrons. The fourth-order valence-electron chi connectivity index (χ4n) is 3.84. The first kappa shape index (κ1) is 19.0. The quantitative estimate of drug-likeness (QED) is 0.782. The maximum Gasteiger partial charge on any atom is 0.410 e. The van der Waals surface area contributed by atoms with E-state index in [2.05, 4.69) is 24.3 Å². The molecule has 0 heterocycles. The van der Waals surface area contributed by atoms with E-state index in [9.17, 15) is 14.7 Å². The van der Waals surface area contributed by atoms with E-state index in [1.54, 1.807) is 6.92 Å². The number of hydrogen-bond acceptors (Lipinski definition) is 3. The van der Waals surface area contributed by atoms with Gasteiger partial charge in [-0.1, -0.05) is 61.9 Å². The predicted octanol–water partition coefficient (Wildman–Crippen LogP) is 4.51. The number of carbonyl (C=O) groups is 2. The number of carbonyl (C=O) groups excluding carboxylic acids is 1. The topological polar surface area (TPSA) is 66.8 Å². The summed E-state index contributed by atoms with van der Waals surface area (Å²) in [5, 5.41) is 9.45. The van der Waals surface area contributed by atoms with Gasteiger partial charge < -0.3 is 9.84 Å². The summed E-state index contributed by atoms with van der Waals surface area (Å²) in [5.41, 5.74) is 4.60. The summed E-state index contributed by atoms with van der Waals surface area (Å²) in [6.45, 7) is 4.17. The lowest BCUT2D eigenvalue weighted by atomic mass is 9.98. The molecule has 5 nitrogen and oxygen atoms in total. The monoisotopic (exact) mass is 367 g/mol. The van der Waals surface area contributed by atoms with Crippen LogP contribution < -0.4 is 0 Å². The van der Waals surface area contributed by atoms with Crippen LogP contribution in [-0.2, 0) is 9.53 Å². The lowest BCUT2D eigenvalue weighted by Crippen LogP contribution is -2.45. The van der Waals surface area contributed by atoms with Crippen molar-refractivity contribution in [2.24, 2.45) is 0 Å². The van der Waals surface area contributed by atoms with Gasteiger partial charge in [0, 0.05) is 12.5 Å². The summed E-state index contributed by atoms with van der Waals surface area (Å²) in [6, 6.07) is 15.4. The van der Waals surface area contributed by atoms with E-state index in [-0.39, 0.29) is 12.5 Å². The number of fused-ring (bicyclic) bond motifs is 3.